The van der Waals surface area contributed by atoms with E-state index in [9.17, 15) is 4.79 Å². The van der Waals surface area contributed by atoms with Gasteiger partial charge in [-0.15, -0.1) is 0 Å². The van der Waals surface area contributed by atoms with Crippen molar-refractivity contribution < 1.29 is 9.53 Å². The lowest BCUT2D eigenvalue weighted by atomic mass is 9.99. The Labute approximate surface area is 97.1 Å². The molecule has 2 saturated heterocycles. The van der Waals surface area contributed by atoms with E-state index in [1.54, 1.807) is 0 Å². The largest absolute Gasteiger partial charge is 0.444 e. The smallest absolute Gasteiger partial charge is 0.410 e. The summed E-state index contributed by atoms with van der Waals surface area (Å²) in [5.41, 5.74) is 5.64. The summed E-state index contributed by atoms with van der Waals surface area (Å²) in [6.45, 7) is 5.70. The summed E-state index contributed by atoms with van der Waals surface area (Å²) in [5.74, 6) is 0. The molecule has 4 nitrogen and oxygen atoms in total. The van der Waals surface area contributed by atoms with Gasteiger partial charge in [-0.25, -0.2) is 4.79 Å². The van der Waals surface area contributed by atoms with E-state index in [-0.39, 0.29) is 18.2 Å². The van der Waals surface area contributed by atoms with Crippen molar-refractivity contribution in [1.82, 2.24) is 4.90 Å². The molecule has 2 bridgehead atoms. The molecule has 16 heavy (non-hydrogen) atoms. The highest BCUT2D eigenvalue weighted by molar-refractivity contribution is 5.69. The Morgan fingerprint density at radius 3 is 2.50 bits per heavy atom. The van der Waals surface area contributed by atoms with Crippen LogP contribution in [0.4, 0.5) is 4.79 Å². The molecule has 0 saturated carbocycles. The highest BCUT2D eigenvalue weighted by Crippen LogP contribution is 2.35. The Bertz CT molecular complexity index is 285. The number of carbonyl (C=O) groups is 1. The van der Waals surface area contributed by atoms with Gasteiger partial charge in [-0.3, -0.25) is 0 Å². The lowest BCUT2D eigenvalue weighted by Gasteiger charge is -2.39. The fourth-order valence-corrected chi connectivity index (χ4v) is 2.79. The molecule has 2 aliphatic rings. The van der Waals surface area contributed by atoms with Crippen LogP contribution in [0.2, 0.25) is 0 Å². The van der Waals surface area contributed by atoms with Gasteiger partial charge in [0.05, 0.1) is 6.04 Å². The molecule has 2 heterocycles. The van der Waals surface area contributed by atoms with Crippen LogP contribution in [0.1, 0.15) is 46.5 Å². The van der Waals surface area contributed by atoms with Gasteiger partial charge in [0.15, 0.2) is 0 Å². The first-order valence-electron chi connectivity index (χ1n) is 6.15. The van der Waals surface area contributed by atoms with Crippen molar-refractivity contribution in [1.29, 1.82) is 0 Å². The van der Waals surface area contributed by atoms with E-state index < -0.39 is 5.60 Å². The van der Waals surface area contributed by atoms with Crippen molar-refractivity contribution in [2.75, 3.05) is 0 Å². The van der Waals surface area contributed by atoms with Crippen molar-refractivity contribution in [3.8, 4) is 0 Å². The zero-order chi connectivity index (χ0) is 11.9. The number of amides is 1. The monoisotopic (exact) mass is 226 g/mol. The first kappa shape index (κ1) is 11.7. The Morgan fingerprint density at radius 2 is 1.88 bits per heavy atom. The zero-order valence-electron chi connectivity index (χ0n) is 10.4. The maximum atomic E-state index is 12.1. The maximum absolute atomic E-state index is 12.1. The molecule has 0 radical (unpaired) electrons. The van der Waals surface area contributed by atoms with Gasteiger partial charge < -0.3 is 15.4 Å². The van der Waals surface area contributed by atoms with E-state index in [1.807, 2.05) is 25.7 Å². The van der Waals surface area contributed by atoms with Crippen LogP contribution in [0.3, 0.4) is 0 Å². The van der Waals surface area contributed by atoms with Crippen molar-refractivity contribution in [2.45, 2.75) is 70.2 Å². The number of hydrogen-bond donors (Lipinski definition) is 1. The van der Waals surface area contributed by atoms with Crippen LogP contribution in [0.15, 0.2) is 0 Å². The SMILES string of the molecule is CC(C)(C)OC(=O)N1C2CC[C@@H]1CC[C@@H]2N. The molecule has 2 aliphatic heterocycles. The Morgan fingerprint density at radius 1 is 1.25 bits per heavy atom. The lowest BCUT2D eigenvalue weighted by molar-refractivity contribution is 0.00505. The average Bonchev–Trinajstić information content (AvgIpc) is 2.46. The number of fused-ring (bicyclic) bond motifs is 2. The Balaban J connectivity index is 2.07. The highest BCUT2D eigenvalue weighted by Gasteiger charge is 2.44. The second-order valence-electron chi connectivity index (χ2n) is 5.93. The predicted octanol–water partition coefficient (Wildman–Crippen LogP) is 1.88. The van der Waals surface area contributed by atoms with Crippen LogP contribution >= 0.6 is 0 Å². The third-order valence-electron chi connectivity index (χ3n) is 3.48. The fourth-order valence-electron chi connectivity index (χ4n) is 2.79. The number of carbonyl (C=O) groups excluding carboxylic acids is 1. The number of piperidine rings is 1. The minimum atomic E-state index is -0.419. The zero-order valence-corrected chi connectivity index (χ0v) is 10.4. The van der Waals surface area contributed by atoms with Crippen molar-refractivity contribution in [2.24, 2.45) is 5.73 Å². The normalized spacial score (nSPS) is 34.0. The molecule has 0 aromatic heterocycles. The van der Waals surface area contributed by atoms with Gasteiger partial charge in [0.2, 0.25) is 0 Å². The molecular formula is C12H22N2O2. The molecule has 0 aliphatic carbocycles. The number of nitrogens with zero attached hydrogens (tertiary/aromatic N) is 1. The molecule has 2 rings (SSSR count). The Kier molecular flexibility index (Phi) is 2.86. The van der Waals surface area contributed by atoms with Crippen LogP contribution in [0.25, 0.3) is 0 Å². The van der Waals surface area contributed by atoms with Gasteiger partial charge in [-0.2, -0.15) is 0 Å². The van der Waals surface area contributed by atoms with E-state index in [4.69, 9.17) is 10.5 Å². The van der Waals surface area contributed by atoms with Crippen molar-refractivity contribution in [3.63, 3.8) is 0 Å². The molecule has 4 heteroatoms. The molecule has 0 aromatic carbocycles. The van der Waals surface area contributed by atoms with Gasteiger partial charge in [0.1, 0.15) is 5.60 Å². The summed E-state index contributed by atoms with van der Waals surface area (Å²) in [6.07, 6.45) is 3.99. The quantitative estimate of drug-likeness (QED) is 0.686. The molecule has 1 unspecified atom stereocenters. The Hall–Kier alpha value is -0.770. The van der Waals surface area contributed by atoms with Crippen LogP contribution in [0.5, 0.6) is 0 Å². The van der Waals surface area contributed by atoms with Gasteiger partial charge >= 0.3 is 6.09 Å². The van der Waals surface area contributed by atoms with Crippen molar-refractivity contribution >= 4 is 6.09 Å². The van der Waals surface area contributed by atoms with Gasteiger partial charge in [-0.1, -0.05) is 0 Å². The first-order valence-corrected chi connectivity index (χ1v) is 6.15. The van der Waals surface area contributed by atoms with E-state index in [0.29, 0.717) is 6.04 Å². The number of nitrogens with two attached hydrogens (primary N) is 1. The van der Waals surface area contributed by atoms with Crippen molar-refractivity contribution in [3.05, 3.63) is 0 Å². The van der Waals surface area contributed by atoms with Gasteiger partial charge in [0.25, 0.3) is 0 Å². The summed E-state index contributed by atoms with van der Waals surface area (Å²) in [6, 6.07) is 0.694. The van der Waals surface area contributed by atoms with Gasteiger partial charge in [0, 0.05) is 12.1 Å². The molecule has 2 N–H and O–H groups in total. The number of hydrogen-bond acceptors (Lipinski definition) is 3. The minimum Gasteiger partial charge on any atom is -0.444 e. The van der Waals surface area contributed by atoms with E-state index in [2.05, 4.69) is 0 Å². The van der Waals surface area contributed by atoms with E-state index in [0.717, 1.165) is 25.7 Å². The topological polar surface area (TPSA) is 55.6 Å². The standard InChI is InChI=1S/C12H22N2O2/c1-12(2,3)16-11(15)14-8-4-6-9(13)10(14)7-5-8/h8-10H,4-7,13H2,1-3H3/t8-,9-,10?/m0/s1. The fraction of sp³-hybridized carbons (Fsp3) is 0.917. The van der Waals surface area contributed by atoms with E-state index >= 15 is 0 Å². The second-order valence-corrected chi connectivity index (χ2v) is 5.93. The summed E-state index contributed by atoms with van der Waals surface area (Å²) in [7, 11) is 0. The molecule has 0 aromatic rings. The molecule has 0 spiro atoms. The second kappa shape index (κ2) is 3.91. The minimum absolute atomic E-state index is 0.131. The number of rotatable bonds is 0. The first-order chi connectivity index (χ1) is 7.38. The summed E-state index contributed by atoms with van der Waals surface area (Å²) in [5, 5.41) is 0. The molecular weight excluding hydrogens is 204 g/mol. The third-order valence-corrected chi connectivity index (χ3v) is 3.48. The van der Waals surface area contributed by atoms with Crippen LogP contribution < -0.4 is 5.73 Å². The molecule has 92 valence electrons. The summed E-state index contributed by atoms with van der Waals surface area (Å²) >= 11 is 0. The van der Waals surface area contributed by atoms with E-state index in [1.165, 1.54) is 0 Å². The molecule has 3 atom stereocenters. The molecule has 2 fully saturated rings. The predicted molar refractivity (Wildman–Crippen MR) is 62.1 cm³/mol. The number of ether oxygens (including phenoxy) is 1. The summed E-state index contributed by atoms with van der Waals surface area (Å²) in [4.78, 5) is 14.0. The third kappa shape index (κ3) is 2.17. The average molecular weight is 226 g/mol. The van der Waals surface area contributed by atoms with Crippen LogP contribution in [-0.2, 0) is 4.74 Å². The maximum Gasteiger partial charge on any atom is 0.410 e. The van der Waals surface area contributed by atoms with Crippen LogP contribution in [0, 0.1) is 0 Å². The lowest BCUT2D eigenvalue weighted by Crippen LogP contribution is -2.54. The summed E-state index contributed by atoms with van der Waals surface area (Å²) < 4.78 is 5.44. The van der Waals surface area contributed by atoms with Gasteiger partial charge in [-0.05, 0) is 46.5 Å². The highest BCUT2D eigenvalue weighted by atomic mass is 16.6. The van der Waals surface area contributed by atoms with Crippen LogP contribution in [-0.4, -0.2) is 34.7 Å². The molecule has 1 amide bonds.